The third-order valence-corrected chi connectivity index (χ3v) is 5.34. The Kier molecular flexibility index (Phi) is 4.88. The van der Waals surface area contributed by atoms with Gasteiger partial charge in [0, 0.05) is 29.4 Å². The van der Waals surface area contributed by atoms with Gasteiger partial charge < -0.3 is 0 Å². The molecule has 24 heavy (non-hydrogen) atoms. The van der Waals surface area contributed by atoms with E-state index < -0.39 is 11.0 Å². The highest BCUT2D eigenvalue weighted by atomic mass is 16.6. The maximum atomic E-state index is 12.5. The number of hydrogen-bond acceptors (Lipinski definition) is 3. The van der Waals surface area contributed by atoms with Crippen molar-refractivity contribution in [1.29, 1.82) is 0 Å². The Morgan fingerprint density at radius 3 is 1.92 bits per heavy atom. The van der Waals surface area contributed by atoms with E-state index in [0.29, 0.717) is 17.5 Å². The van der Waals surface area contributed by atoms with Crippen molar-refractivity contribution in [1.82, 2.24) is 0 Å². The third-order valence-electron chi connectivity index (χ3n) is 5.34. The van der Waals surface area contributed by atoms with E-state index >= 15 is 0 Å². The smallest absolute Gasteiger partial charge is 0.228 e. The second kappa shape index (κ2) is 6.56. The molecule has 0 aliphatic carbocycles. The molecule has 0 aliphatic rings. The van der Waals surface area contributed by atoms with Crippen LogP contribution >= 0.6 is 0 Å². The predicted molar refractivity (Wildman–Crippen MR) is 95.0 cm³/mol. The lowest BCUT2D eigenvalue weighted by molar-refractivity contribution is -0.578. The van der Waals surface area contributed by atoms with Crippen molar-refractivity contribution >= 4 is 5.78 Å². The summed E-state index contributed by atoms with van der Waals surface area (Å²) < 4.78 is 0. The summed E-state index contributed by atoms with van der Waals surface area (Å²) in [4.78, 5) is 23.8. The second-order valence-electron chi connectivity index (χ2n) is 6.78. The van der Waals surface area contributed by atoms with Crippen LogP contribution in [0.1, 0.15) is 55.6 Å². The number of nitrogens with zero attached hydrogens (tertiary/aromatic N) is 1. The Morgan fingerprint density at radius 1 is 0.958 bits per heavy atom. The molecule has 0 spiro atoms. The molecule has 0 bridgehead atoms. The van der Waals surface area contributed by atoms with Gasteiger partial charge in [-0.25, -0.2) is 0 Å². The van der Waals surface area contributed by atoms with Crippen LogP contribution < -0.4 is 0 Å². The number of benzene rings is 2. The molecule has 4 heteroatoms. The molecule has 0 aliphatic heterocycles. The maximum Gasteiger partial charge on any atom is 0.228 e. The summed E-state index contributed by atoms with van der Waals surface area (Å²) in [6.07, 6.45) is 0.428. The van der Waals surface area contributed by atoms with E-state index in [2.05, 4.69) is 0 Å². The zero-order chi connectivity index (χ0) is 18.0. The van der Waals surface area contributed by atoms with Crippen molar-refractivity contribution < 1.29 is 9.72 Å². The fraction of sp³-hybridized carbons (Fsp3) is 0.350. The molecule has 2 aromatic carbocycles. The number of carbonyl (C=O) groups is 1. The largest absolute Gasteiger partial charge is 0.289 e. The SMILES string of the molecule is CC[C@](C)([N+](=O)[O-])C(C)(C)c1ccc(C(=O)c2ccccc2)cc1. The quantitative estimate of drug-likeness (QED) is 0.441. The van der Waals surface area contributed by atoms with E-state index in [1.807, 2.05) is 51.1 Å². The first-order chi connectivity index (χ1) is 11.2. The molecule has 2 aromatic rings. The van der Waals surface area contributed by atoms with E-state index in [1.165, 1.54) is 0 Å². The lowest BCUT2D eigenvalue weighted by Gasteiger charge is -2.36. The van der Waals surface area contributed by atoms with Crippen LogP contribution in [0.15, 0.2) is 54.6 Å². The standard InChI is InChI=1S/C20H23NO3/c1-5-20(4,21(23)24)19(2,3)17-13-11-16(12-14-17)18(22)15-9-7-6-8-10-15/h6-14H,5H2,1-4H3/t20-/m0/s1. The lowest BCUT2D eigenvalue weighted by atomic mass is 9.67. The van der Waals surface area contributed by atoms with Gasteiger partial charge in [-0.3, -0.25) is 14.9 Å². The van der Waals surface area contributed by atoms with Gasteiger partial charge in [0.15, 0.2) is 5.78 Å². The van der Waals surface area contributed by atoms with Gasteiger partial charge in [-0.2, -0.15) is 0 Å². The van der Waals surface area contributed by atoms with Crippen molar-refractivity contribution in [2.75, 3.05) is 0 Å². The molecule has 4 nitrogen and oxygen atoms in total. The Bertz CT molecular complexity index is 735. The van der Waals surface area contributed by atoms with E-state index in [9.17, 15) is 14.9 Å². The van der Waals surface area contributed by atoms with Crippen LogP contribution in [0.25, 0.3) is 0 Å². The van der Waals surface area contributed by atoms with Gasteiger partial charge >= 0.3 is 0 Å². The van der Waals surface area contributed by atoms with Crippen LogP contribution in [0.5, 0.6) is 0 Å². The molecule has 0 fully saturated rings. The third kappa shape index (κ3) is 2.96. The van der Waals surface area contributed by atoms with Gasteiger partial charge in [-0.1, -0.05) is 61.5 Å². The maximum absolute atomic E-state index is 12.5. The molecular weight excluding hydrogens is 302 g/mol. The molecule has 0 amide bonds. The first-order valence-corrected chi connectivity index (χ1v) is 8.09. The number of hydrogen-bond donors (Lipinski definition) is 0. The molecule has 0 aromatic heterocycles. The topological polar surface area (TPSA) is 60.2 Å². The lowest BCUT2D eigenvalue weighted by Crippen LogP contribution is -2.51. The number of carbonyl (C=O) groups excluding carboxylic acids is 1. The number of rotatable bonds is 6. The van der Waals surface area contributed by atoms with Gasteiger partial charge in [0.25, 0.3) is 0 Å². The van der Waals surface area contributed by atoms with Gasteiger partial charge in [-0.05, 0) is 19.4 Å². The zero-order valence-corrected chi connectivity index (χ0v) is 14.6. The number of nitro groups is 1. The molecule has 0 heterocycles. The molecule has 1 atom stereocenters. The van der Waals surface area contributed by atoms with Crippen LogP contribution in [-0.4, -0.2) is 16.2 Å². The molecule has 0 saturated carbocycles. The van der Waals surface area contributed by atoms with E-state index in [4.69, 9.17) is 0 Å². The van der Waals surface area contributed by atoms with Crippen LogP contribution in [0, 0.1) is 10.1 Å². The van der Waals surface area contributed by atoms with Crippen LogP contribution in [0.4, 0.5) is 0 Å². The highest BCUT2D eigenvalue weighted by Gasteiger charge is 2.51. The predicted octanol–water partition coefficient (Wildman–Crippen LogP) is 4.64. The molecular formula is C20H23NO3. The highest BCUT2D eigenvalue weighted by molar-refractivity contribution is 6.08. The first kappa shape index (κ1) is 17.9. The van der Waals surface area contributed by atoms with Gasteiger partial charge in [-0.15, -0.1) is 0 Å². The number of ketones is 1. The average molecular weight is 325 g/mol. The minimum atomic E-state index is -1.07. The van der Waals surface area contributed by atoms with Crippen LogP contribution in [-0.2, 0) is 5.41 Å². The monoisotopic (exact) mass is 325 g/mol. The molecule has 0 unspecified atom stereocenters. The van der Waals surface area contributed by atoms with Gasteiger partial charge in [0.1, 0.15) is 0 Å². The summed E-state index contributed by atoms with van der Waals surface area (Å²) in [6, 6.07) is 16.2. The first-order valence-electron chi connectivity index (χ1n) is 8.09. The molecule has 0 N–H and O–H groups in total. The Hall–Kier alpha value is -2.49. The minimum Gasteiger partial charge on any atom is -0.289 e. The van der Waals surface area contributed by atoms with Crippen molar-refractivity contribution in [3.05, 3.63) is 81.4 Å². The Balaban J connectivity index is 2.35. The summed E-state index contributed by atoms with van der Waals surface area (Å²) in [6.45, 7) is 7.27. The fourth-order valence-electron chi connectivity index (χ4n) is 2.90. The van der Waals surface area contributed by atoms with Gasteiger partial charge in [0.2, 0.25) is 5.54 Å². The van der Waals surface area contributed by atoms with E-state index in [0.717, 1.165) is 5.56 Å². The summed E-state index contributed by atoms with van der Waals surface area (Å²) in [5.74, 6) is -0.0486. The zero-order valence-electron chi connectivity index (χ0n) is 14.6. The van der Waals surface area contributed by atoms with Crippen molar-refractivity contribution in [3.63, 3.8) is 0 Å². The van der Waals surface area contributed by atoms with Crippen LogP contribution in [0.3, 0.4) is 0 Å². The molecule has 0 radical (unpaired) electrons. The molecule has 0 saturated heterocycles. The van der Waals surface area contributed by atoms with E-state index in [1.54, 1.807) is 31.2 Å². The minimum absolute atomic E-state index is 0.0486. The van der Waals surface area contributed by atoms with Crippen molar-refractivity contribution in [3.8, 4) is 0 Å². The van der Waals surface area contributed by atoms with Crippen LogP contribution in [0.2, 0.25) is 0 Å². The Labute approximate surface area is 142 Å². The average Bonchev–Trinajstić information content (AvgIpc) is 2.60. The van der Waals surface area contributed by atoms with Crippen molar-refractivity contribution in [2.45, 2.75) is 45.1 Å². The summed E-state index contributed by atoms with van der Waals surface area (Å²) in [5, 5.41) is 11.6. The molecule has 126 valence electrons. The summed E-state index contributed by atoms with van der Waals surface area (Å²) in [5.41, 5.74) is 0.346. The second-order valence-corrected chi connectivity index (χ2v) is 6.78. The molecule has 2 rings (SSSR count). The van der Waals surface area contributed by atoms with Gasteiger partial charge in [0.05, 0.1) is 5.41 Å². The normalized spacial score (nSPS) is 14.0. The summed E-state index contributed by atoms with van der Waals surface area (Å²) >= 11 is 0. The highest BCUT2D eigenvalue weighted by Crippen LogP contribution is 2.39. The van der Waals surface area contributed by atoms with E-state index in [-0.39, 0.29) is 10.7 Å². The fourth-order valence-corrected chi connectivity index (χ4v) is 2.90. The van der Waals surface area contributed by atoms with Crippen molar-refractivity contribution in [2.24, 2.45) is 0 Å². The Morgan fingerprint density at radius 2 is 1.46 bits per heavy atom. The summed E-state index contributed by atoms with van der Waals surface area (Å²) in [7, 11) is 0.